The first-order valence-electron chi connectivity index (χ1n) is 6.32. The highest BCUT2D eigenvalue weighted by Crippen LogP contribution is 2.27. The second-order valence-electron chi connectivity index (χ2n) is 4.90. The van der Waals surface area contributed by atoms with Crippen LogP contribution in [-0.4, -0.2) is 24.1 Å². The van der Waals surface area contributed by atoms with Crippen LogP contribution in [0.25, 0.3) is 0 Å². The molecule has 0 aromatic carbocycles. The van der Waals surface area contributed by atoms with Gasteiger partial charge in [0.15, 0.2) is 0 Å². The summed E-state index contributed by atoms with van der Waals surface area (Å²) in [6.45, 7) is 1.97. The average molecular weight is 221 g/mol. The Morgan fingerprint density at radius 1 is 1.19 bits per heavy atom. The van der Waals surface area contributed by atoms with Crippen LogP contribution in [0.15, 0.2) is 4.42 Å². The van der Waals surface area contributed by atoms with E-state index in [-0.39, 0.29) is 0 Å². The van der Waals surface area contributed by atoms with Crippen molar-refractivity contribution in [3.05, 3.63) is 11.5 Å². The molecule has 3 rings (SSSR count). The first kappa shape index (κ1) is 10.1. The average Bonchev–Trinajstić information content (AvgIpc) is 2.73. The van der Waals surface area contributed by atoms with E-state index in [0.717, 1.165) is 50.5 Å². The molecule has 2 aliphatic rings. The van der Waals surface area contributed by atoms with E-state index < -0.39 is 0 Å². The lowest BCUT2D eigenvalue weighted by Gasteiger charge is -2.28. The van der Waals surface area contributed by atoms with E-state index in [1.54, 1.807) is 0 Å². The van der Waals surface area contributed by atoms with Crippen molar-refractivity contribution in [2.75, 3.05) is 18.0 Å². The van der Waals surface area contributed by atoms with Crippen molar-refractivity contribution in [1.82, 2.24) is 4.98 Å². The van der Waals surface area contributed by atoms with Gasteiger partial charge in [-0.05, 0) is 32.1 Å². The SMILES string of the molecule is NC1CCN(c2nc3c(o2)CCCC3)CC1. The van der Waals surface area contributed by atoms with Gasteiger partial charge in [-0.3, -0.25) is 0 Å². The topological polar surface area (TPSA) is 55.3 Å². The van der Waals surface area contributed by atoms with Crippen molar-refractivity contribution >= 4 is 6.01 Å². The summed E-state index contributed by atoms with van der Waals surface area (Å²) in [5.74, 6) is 1.12. The monoisotopic (exact) mass is 221 g/mol. The smallest absolute Gasteiger partial charge is 0.297 e. The van der Waals surface area contributed by atoms with Gasteiger partial charge in [-0.25, -0.2) is 0 Å². The largest absolute Gasteiger partial charge is 0.428 e. The number of nitrogens with zero attached hydrogens (tertiary/aromatic N) is 2. The molecule has 0 amide bonds. The zero-order valence-electron chi connectivity index (χ0n) is 9.61. The minimum Gasteiger partial charge on any atom is -0.428 e. The van der Waals surface area contributed by atoms with E-state index >= 15 is 0 Å². The molecule has 1 aliphatic carbocycles. The predicted octanol–water partition coefficient (Wildman–Crippen LogP) is 1.48. The molecule has 0 unspecified atom stereocenters. The highest BCUT2D eigenvalue weighted by atomic mass is 16.4. The van der Waals surface area contributed by atoms with E-state index in [1.165, 1.54) is 18.5 Å². The van der Waals surface area contributed by atoms with E-state index in [2.05, 4.69) is 9.88 Å². The molecule has 1 saturated heterocycles. The molecule has 4 heteroatoms. The fourth-order valence-corrected chi connectivity index (χ4v) is 2.56. The molecule has 1 aromatic rings. The van der Waals surface area contributed by atoms with Crippen molar-refractivity contribution in [2.24, 2.45) is 5.73 Å². The molecule has 0 radical (unpaired) electrons. The minimum atomic E-state index is 0.362. The number of nitrogens with two attached hydrogens (primary N) is 1. The highest BCUT2D eigenvalue weighted by Gasteiger charge is 2.23. The summed E-state index contributed by atoms with van der Waals surface area (Å²) >= 11 is 0. The van der Waals surface area contributed by atoms with Gasteiger partial charge in [0.1, 0.15) is 5.76 Å². The zero-order chi connectivity index (χ0) is 11.0. The van der Waals surface area contributed by atoms with Gasteiger partial charge in [-0.15, -0.1) is 0 Å². The summed E-state index contributed by atoms with van der Waals surface area (Å²) in [6, 6.07) is 1.19. The minimum absolute atomic E-state index is 0.362. The Kier molecular flexibility index (Phi) is 2.59. The zero-order valence-corrected chi connectivity index (χ0v) is 9.61. The third kappa shape index (κ3) is 1.82. The van der Waals surface area contributed by atoms with Crippen molar-refractivity contribution in [1.29, 1.82) is 0 Å². The summed E-state index contributed by atoms with van der Waals surface area (Å²) in [5, 5.41) is 0. The molecule has 88 valence electrons. The number of anilines is 1. The molecule has 4 nitrogen and oxygen atoms in total. The molecule has 2 heterocycles. The number of hydrogen-bond donors (Lipinski definition) is 1. The molecule has 2 N–H and O–H groups in total. The van der Waals surface area contributed by atoms with Crippen LogP contribution in [0, 0.1) is 0 Å². The number of aryl methyl sites for hydroxylation is 2. The Labute approximate surface area is 95.8 Å². The molecule has 1 aliphatic heterocycles. The van der Waals surface area contributed by atoms with E-state index in [9.17, 15) is 0 Å². The third-order valence-electron chi connectivity index (χ3n) is 3.64. The number of fused-ring (bicyclic) bond motifs is 1. The molecule has 0 bridgehead atoms. The number of hydrogen-bond acceptors (Lipinski definition) is 4. The summed E-state index contributed by atoms with van der Waals surface area (Å²) in [4.78, 5) is 6.86. The Morgan fingerprint density at radius 2 is 1.94 bits per heavy atom. The van der Waals surface area contributed by atoms with Gasteiger partial charge < -0.3 is 15.1 Å². The first-order valence-corrected chi connectivity index (χ1v) is 6.32. The van der Waals surface area contributed by atoms with Gasteiger partial charge >= 0.3 is 0 Å². The Morgan fingerprint density at radius 3 is 2.69 bits per heavy atom. The quantitative estimate of drug-likeness (QED) is 0.780. The van der Waals surface area contributed by atoms with E-state index in [0.29, 0.717) is 6.04 Å². The third-order valence-corrected chi connectivity index (χ3v) is 3.64. The number of rotatable bonds is 1. The number of aromatic nitrogens is 1. The second kappa shape index (κ2) is 4.09. The molecule has 1 aromatic heterocycles. The molecule has 16 heavy (non-hydrogen) atoms. The van der Waals surface area contributed by atoms with Gasteiger partial charge in [0.25, 0.3) is 6.01 Å². The molecule has 0 spiro atoms. The van der Waals surface area contributed by atoms with Crippen LogP contribution >= 0.6 is 0 Å². The summed E-state index contributed by atoms with van der Waals surface area (Å²) in [7, 11) is 0. The van der Waals surface area contributed by atoms with Crippen molar-refractivity contribution in [2.45, 2.75) is 44.6 Å². The molecule has 1 fully saturated rings. The maximum Gasteiger partial charge on any atom is 0.297 e. The lowest BCUT2D eigenvalue weighted by molar-refractivity contribution is 0.435. The van der Waals surface area contributed by atoms with Gasteiger partial charge in [0.05, 0.1) is 5.69 Å². The second-order valence-corrected chi connectivity index (χ2v) is 4.90. The van der Waals surface area contributed by atoms with Gasteiger partial charge in [0.2, 0.25) is 0 Å². The fraction of sp³-hybridized carbons (Fsp3) is 0.750. The van der Waals surface area contributed by atoms with E-state index in [1.807, 2.05) is 0 Å². The lowest BCUT2D eigenvalue weighted by Crippen LogP contribution is -2.39. The van der Waals surface area contributed by atoms with Crippen LogP contribution in [-0.2, 0) is 12.8 Å². The van der Waals surface area contributed by atoms with Crippen LogP contribution in [0.4, 0.5) is 6.01 Å². The Bertz CT molecular complexity index is 343. The van der Waals surface area contributed by atoms with Crippen LogP contribution in [0.5, 0.6) is 0 Å². The van der Waals surface area contributed by atoms with Crippen LogP contribution in [0.1, 0.15) is 37.1 Å². The molecular formula is C12H19N3O. The standard InChI is InChI=1S/C12H19N3O/c13-9-5-7-15(8-6-9)12-14-10-3-1-2-4-11(10)16-12/h9H,1-8,13H2. The van der Waals surface area contributed by atoms with Crippen molar-refractivity contribution < 1.29 is 4.42 Å². The van der Waals surface area contributed by atoms with E-state index in [4.69, 9.17) is 10.2 Å². The summed E-state index contributed by atoms with van der Waals surface area (Å²) in [5.41, 5.74) is 7.09. The highest BCUT2D eigenvalue weighted by molar-refractivity contribution is 5.31. The lowest BCUT2D eigenvalue weighted by atomic mass is 10.0. The van der Waals surface area contributed by atoms with Crippen molar-refractivity contribution in [3.63, 3.8) is 0 Å². The van der Waals surface area contributed by atoms with Gasteiger partial charge in [-0.2, -0.15) is 4.98 Å². The maximum atomic E-state index is 5.89. The number of piperidine rings is 1. The summed E-state index contributed by atoms with van der Waals surface area (Å²) < 4.78 is 5.85. The van der Waals surface area contributed by atoms with Crippen LogP contribution in [0.3, 0.4) is 0 Å². The van der Waals surface area contributed by atoms with Gasteiger partial charge in [0, 0.05) is 25.6 Å². The number of oxazole rings is 1. The van der Waals surface area contributed by atoms with Crippen LogP contribution < -0.4 is 10.6 Å². The van der Waals surface area contributed by atoms with Gasteiger partial charge in [-0.1, -0.05) is 0 Å². The normalized spacial score (nSPS) is 22.2. The molecule has 0 atom stereocenters. The van der Waals surface area contributed by atoms with Crippen LogP contribution in [0.2, 0.25) is 0 Å². The Balaban J connectivity index is 1.76. The van der Waals surface area contributed by atoms with Crippen molar-refractivity contribution in [3.8, 4) is 0 Å². The fourth-order valence-electron chi connectivity index (χ4n) is 2.56. The summed E-state index contributed by atoms with van der Waals surface area (Å²) in [6.07, 6.45) is 6.75. The maximum absolute atomic E-state index is 5.89. The predicted molar refractivity (Wildman–Crippen MR) is 62.6 cm³/mol. The Hall–Kier alpha value is -1.03. The molecule has 0 saturated carbocycles. The first-order chi connectivity index (χ1) is 7.83. The molecular weight excluding hydrogens is 202 g/mol.